The summed E-state index contributed by atoms with van der Waals surface area (Å²) in [7, 11) is 0. The highest BCUT2D eigenvalue weighted by Gasteiger charge is 2.36. The molecule has 1 spiro atoms. The van der Waals surface area contributed by atoms with Crippen molar-refractivity contribution in [1.29, 1.82) is 0 Å². The first kappa shape index (κ1) is 14.0. The van der Waals surface area contributed by atoms with Crippen molar-refractivity contribution in [2.45, 2.75) is 38.5 Å². The Kier molecular flexibility index (Phi) is 4.35. The lowest BCUT2D eigenvalue weighted by molar-refractivity contribution is 0.358. The zero-order chi connectivity index (χ0) is 13.8. The van der Waals surface area contributed by atoms with Crippen molar-refractivity contribution in [3.8, 4) is 0 Å². The minimum absolute atomic E-state index is 0.530. The molecule has 1 saturated carbocycles. The summed E-state index contributed by atoms with van der Waals surface area (Å²) in [5.41, 5.74) is 1.94. The third-order valence-electron chi connectivity index (χ3n) is 4.67. The molecule has 1 aliphatic carbocycles. The van der Waals surface area contributed by atoms with E-state index in [4.69, 9.17) is 4.99 Å². The molecule has 0 amide bonds. The molecule has 108 valence electrons. The molecular weight excluding hydrogens is 264 g/mol. The summed E-state index contributed by atoms with van der Waals surface area (Å²) in [4.78, 5) is 4.80. The van der Waals surface area contributed by atoms with E-state index in [1.54, 1.807) is 0 Å². The van der Waals surface area contributed by atoms with Crippen molar-refractivity contribution in [3.63, 3.8) is 0 Å². The number of benzene rings is 1. The van der Waals surface area contributed by atoms with Gasteiger partial charge in [-0.2, -0.15) is 0 Å². The highest BCUT2D eigenvalue weighted by Crippen LogP contribution is 2.43. The summed E-state index contributed by atoms with van der Waals surface area (Å²) < 4.78 is 0. The topological polar surface area (TPSA) is 24.4 Å². The van der Waals surface area contributed by atoms with E-state index in [0.717, 1.165) is 18.3 Å². The Balaban J connectivity index is 1.51. The quantitative estimate of drug-likeness (QED) is 0.907. The second-order valence-electron chi connectivity index (χ2n) is 6.31. The first-order valence-corrected chi connectivity index (χ1v) is 8.72. The largest absolute Gasteiger partial charge is 0.364 e. The number of nitrogens with zero attached hydrogens (tertiary/aromatic N) is 1. The first-order valence-electron chi connectivity index (χ1n) is 7.74. The van der Waals surface area contributed by atoms with Crippen molar-refractivity contribution >= 4 is 16.9 Å². The molecule has 1 heterocycles. The molecule has 0 radical (unpaired) electrons. The van der Waals surface area contributed by atoms with Gasteiger partial charge < -0.3 is 5.32 Å². The van der Waals surface area contributed by atoms with Crippen molar-refractivity contribution < 1.29 is 0 Å². The second-order valence-corrected chi connectivity index (χ2v) is 7.27. The standard InChI is InChI=1S/C17H24N2S/c1-14(15-7-3-2-4-8-15)11-18-16-19-12-17(13-20-16)9-5-6-10-17/h2-4,7-8,14H,5-6,9-13H2,1H3,(H,18,19). The zero-order valence-electron chi connectivity index (χ0n) is 12.3. The van der Waals surface area contributed by atoms with Gasteiger partial charge in [0.1, 0.15) is 0 Å². The average Bonchev–Trinajstić information content (AvgIpc) is 2.96. The number of hydrogen-bond acceptors (Lipinski definition) is 3. The highest BCUT2D eigenvalue weighted by molar-refractivity contribution is 8.13. The monoisotopic (exact) mass is 288 g/mol. The average molecular weight is 288 g/mol. The lowest BCUT2D eigenvalue weighted by Gasteiger charge is -2.31. The maximum atomic E-state index is 4.80. The van der Waals surface area contributed by atoms with Crippen molar-refractivity contribution in [2.24, 2.45) is 10.4 Å². The fraction of sp³-hybridized carbons (Fsp3) is 0.588. The number of amidine groups is 1. The summed E-state index contributed by atoms with van der Waals surface area (Å²) >= 11 is 1.94. The van der Waals surface area contributed by atoms with Crippen LogP contribution in [-0.2, 0) is 0 Å². The Labute approximate surface area is 126 Å². The number of thioether (sulfide) groups is 1. The predicted molar refractivity (Wildman–Crippen MR) is 88.5 cm³/mol. The van der Waals surface area contributed by atoms with Crippen molar-refractivity contribution in [3.05, 3.63) is 35.9 Å². The van der Waals surface area contributed by atoms with E-state index in [9.17, 15) is 0 Å². The van der Waals surface area contributed by atoms with Crippen molar-refractivity contribution in [1.82, 2.24) is 5.32 Å². The third-order valence-corrected chi connectivity index (χ3v) is 5.97. The van der Waals surface area contributed by atoms with E-state index in [-0.39, 0.29) is 0 Å². The number of hydrogen-bond donors (Lipinski definition) is 1. The van der Waals surface area contributed by atoms with Gasteiger partial charge in [0.25, 0.3) is 0 Å². The van der Waals surface area contributed by atoms with E-state index in [1.807, 2.05) is 11.8 Å². The van der Waals surface area contributed by atoms with Gasteiger partial charge in [0.05, 0.1) is 0 Å². The molecule has 1 unspecified atom stereocenters. The molecule has 1 aromatic rings. The maximum Gasteiger partial charge on any atom is 0.156 e. The van der Waals surface area contributed by atoms with Gasteiger partial charge in [0.15, 0.2) is 5.17 Å². The number of nitrogens with one attached hydrogen (secondary N) is 1. The van der Waals surface area contributed by atoms with E-state index >= 15 is 0 Å². The highest BCUT2D eigenvalue weighted by atomic mass is 32.2. The Morgan fingerprint density at radius 2 is 2.00 bits per heavy atom. The molecule has 1 aromatic carbocycles. The van der Waals surface area contributed by atoms with Gasteiger partial charge in [-0.15, -0.1) is 0 Å². The van der Waals surface area contributed by atoms with Crippen LogP contribution in [0.3, 0.4) is 0 Å². The Hall–Kier alpha value is -0.960. The Morgan fingerprint density at radius 1 is 1.25 bits per heavy atom. The van der Waals surface area contributed by atoms with Crippen LogP contribution in [0.1, 0.15) is 44.1 Å². The minimum atomic E-state index is 0.530. The van der Waals surface area contributed by atoms with Gasteiger partial charge >= 0.3 is 0 Å². The normalized spacial score (nSPS) is 22.6. The predicted octanol–water partition coefficient (Wildman–Crippen LogP) is 4.04. The molecule has 2 aliphatic rings. The van der Waals surface area contributed by atoms with E-state index in [2.05, 4.69) is 42.6 Å². The smallest absolute Gasteiger partial charge is 0.156 e. The van der Waals surface area contributed by atoms with Crippen molar-refractivity contribution in [2.75, 3.05) is 18.8 Å². The summed E-state index contributed by atoms with van der Waals surface area (Å²) in [5.74, 6) is 1.79. The number of aliphatic imine (C=N–C) groups is 1. The fourth-order valence-electron chi connectivity index (χ4n) is 3.23. The molecule has 0 aromatic heterocycles. The molecule has 0 saturated heterocycles. The SMILES string of the molecule is CC(CNC1=NCC2(CCCC2)CS1)c1ccccc1. The van der Waals surface area contributed by atoms with Gasteiger partial charge in [-0.3, -0.25) is 4.99 Å². The Bertz CT molecular complexity index is 463. The molecule has 1 aliphatic heterocycles. The molecule has 0 bridgehead atoms. The van der Waals surface area contributed by atoms with E-state index in [0.29, 0.717) is 11.3 Å². The zero-order valence-corrected chi connectivity index (χ0v) is 13.1. The minimum Gasteiger partial charge on any atom is -0.364 e. The first-order chi connectivity index (χ1) is 9.77. The van der Waals surface area contributed by atoms with E-state index < -0.39 is 0 Å². The molecule has 3 rings (SSSR count). The van der Waals surface area contributed by atoms with E-state index in [1.165, 1.54) is 37.0 Å². The Morgan fingerprint density at radius 3 is 2.65 bits per heavy atom. The van der Waals surface area contributed by atoms with Gasteiger partial charge in [-0.25, -0.2) is 0 Å². The second kappa shape index (κ2) is 6.21. The van der Waals surface area contributed by atoms with Crippen LogP contribution in [0.5, 0.6) is 0 Å². The maximum absolute atomic E-state index is 4.80. The van der Waals surface area contributed by atoms with Gasteiger partial charge in [0.2, 0.25) is 0 Å². The van der Waals surface area contributed by atoms with Crippen LogP contribution >= 0.6 is 11.8 Å². The number of rotatable bonds is 3. The van der Waals surface area contributed by atoms with Gasteiger partial charge in [-0.1, -0.05) is 61.9 Å². The third kappa shape index (κ3) is 3.20. The molecule has 2 nitrogen and oxygen atoms in total. The lowest BCUT2D eigenvalue weighted by atomic mass is 9.89. The van der Waals surface area contributed by atoms with Gasteiger partial charge in [-0.05, 0) is 29.7 Å². The summed E-state index contributed by atoms with van der Waals surface area (Å²) in [6, 6.07) is 10.7. The molecule has 1 fully saturated rings. The molecule has 1 N–H and O–H groups in total. The molecule has 3 heteroatoms. The van der Waals surface area contributed by atoms with Crippen LogP contribution in [0.25, 0.3) is 0 Å². The molecular formula is C17H24N2S. The van der Waals surface area contributed by atoms with Crippen LogP contribution < -0.4 is 5.32 Å². The lowest BCUT2D eigenvalue weighted by Crippen LogP contribution is -2.34. The van der Waals surface area contributed by atoms with Crippen LogP contribution in [0.2, 0.25) is 0 Å². The summed E-state index contributed by atoms with van der Waals surface area (Å²) in [6.07, 6.45) is 5.59. The van der Waals surface area contributed by atoms with Crippen LogP contribution in [0.15, 0.2) is 35.3 Å². The summed E-state index contributed by atoms with van der Waals surface area (Å²) in [5, 5.41) is 4.70. The molecule has 1 atom stereocenters. The molecule has 20 heavy (non-hydrogen) atoms. The van der Waals surface area contributed by atoms with Crippen LogP contribution in [0.4, 0.5) is 0 Å². The van der Waals surface area contributed by atoms with Crippen LogP contribution in [0, 0.1) is 5.41 Å². The fourth-order valence-corrected chi connectivity index (χ4v) is 4.39. The van der Waals surface area contributed by atoms with Crippen LogP contribution in [-0.4, -0.2) is 24.0 Å². The summed E-state index contributed by atoms with van der Waals surface area (Å²) in [6.45, 7) is 4.29. The van der Waals surface area contributed by atoms with Gasteiger partial charge in [0, 0.05) is 18.8 Å².